The van der Waals surface area contributed by atoms with Gasteiger partial charge in [0.15, 0.2) is 0 Å². The molecular weight excluding hydrogens is 208 g/mol. The van der Waals surface area contributed by atoms with Gasteiger partial charge in [0, 0.05) is 23.6 Å². The fourth-order valence-electron chi connectivity index (χ4n) is 2.52. The minimum absolute atomic E-state index is 0.867. The fourth-order valence-corrected chi connectivity index (χ4v) is 2.52. The van der Waals surface area contributed by atoms with Gasteiger partial charge in [-0.3, -0.25) is 0 Å². The van der Waals surface area contributed by atoms with Crippen molar-refractivity contribution < 1.29 is 0 Å². The highest BCUT2D eigenvalue weighted by Crippen LogP contribution is 2.37. The van der Waals surface area contributed by atoms with Gasteiger partial charge in [-0.1, -0.05) is 24.3 Å². The van der Waals surface area contributed by atoms with Gasteiger partial charge in [0.25, 0.3) is 0 Å². The van der Waals surface area contributed by atoms with E-state index in [4.69, 9.17) is 5.73 Å². The molecule has 0 saturated heterocycles. The van der Waals surface area contributed by atoms with Crippen LogP contribution >= 0.6 is 0 Å². The second kappa shape index (κ2) is 3.81. The average Bonchev–Trinajstić information content (AvgIpc) is 2.77. The summed E-state index contributed by atoms with van der Waals surface area (Å²) in [5, 5.41) is 0. The molecule has 2 aromatic rings. The molecular formula is C15H16N2. The second-order valence-electron chi connectivity index (χ2n) is 4.52. The standard InChI is InChI=1S/C15H16N2/c1-11-13(16)6-4-8-14(11)17-10-9-12-5-2-3-7-15(12)17/h2-8H,9-10,16H2,1H3. The van der Waals surface area contributed by atoms with E-state index in [0.717, 1.165) is 18.7 Å². The third-order valence-electron chi connectivity index (χ3n) is 3.53. The first kappa shape index (κ1) is 10.2. The topological polar surface area (TPSA) is 29.3 Å². The molecule has 2 N–H and O–H groups in total. The van der Waals surface area contributed by atoms with Crippen LogP contribution in [0.4, 0.5) is 17.1 Å². The minimum Gasteiger partial charge on any atom is -0.398 e. The summed E-state index contributed by atoms with van der Waals surface area (Å²) in [6.07, 6.45) is 1.12. The van der Waals surface area contributed by atoms with E-state index in [1.54, 1.807) is 0 Å². The van der Waals surface area contributed by atoms with E-state index in [0.29, 0.717) is 0 Å². The Balaban J connectivity index is 2.10. The lowest BCUT2D eigenvalue weighted by atomic mass is 10.1. The van der Waals surface area contributed by atoms with Gasteiger partial charge in [0.05, 0.1) is 0 Å². The third-order valence-corrected chi connectivity index (χ3v) is 3.53. The van der Waals surface area contributed by atoms with Crippen molar-refractivity contribution in [1.29, 1.82) is 0 Å². The highest BCUT2D eigenvalue weighted by atomic mass is 15.2. The maximum Gasteiger partial charge on any atom is 0.0461 e. The average molecular weight is 224 g/mol. The van der Waals surface area contributed by atoms with Crippen LogP contribution in [-0.4, -0.2) is 6.54 Å². The zero-order valence-electron chi connectivity index (χ0n) is 9.98. The number of nitrogens with two attached hydrogens (primary N) is 1. The lowest BCUT2D eigenvalue weighted by Gasteiger charge is -2.22. The summed E-state index contributed by atoms with van der Waals surface area (Å²) in [5.74, 6) is 0. The molecule has 0 spiro atoms. The maximum absolute atomic E-state index is 5.98. The monoisotopic (exact) mass is 224 g/mol. The molecule has 0 unspecified atom stereocenters. The van der Waals surface area contributed by atoms with Crippen LogP contribution in [0.1, 0.15) is 11.1 Å². The van der Waals surface area contributed by atoms with E-state index in [-0.39, 0.29) is 0 Å². The Hall–Kier alpha value is -1.96. The predicted molar refractivity (Wildman–Crippen MR) is 72.7 cm³/mol. The van der Waals surface area contributed by atoms with Crippen molar-refractivity contribution in [2.45, 2.75) is 13.3 Å². The molecule has 2 aromatic carbocycles. The molecule has 0 atom stereocenters. The fraction of sp³-hybridized carbons (Fsp3) is 0.200. The largest absolute Gasteiger partial charge is 0.398 e. The number of nitrogen functional groups attached to an aromatic ring is 1. The summed E-state index contributed by atoms with van der Waals surface area (Å²) in [4.78, 5) is 2.36. The van der Waals surface area contributed by atoms with Crippen LogP contribution in [0.5, 0.6) is 0 Å². The number of benzene rings is 2. The Morgan fingerprint density at radius 1 is 1.00 bits per heavy atom. The third kappa shape index (κ3) is 1.57. The molecule has 1 heterocycles. The second-order valence-corrected chi connectivity index (χ2v) is 4.52. The van der Waals surface area contributed by atoms with Crippen molar-refractivity contribution in [2.75, 3.05) is 17.2 Å². The summed E-state index contributed by atoms with van der Waals surface area (Å²) in [6.45, 7) is 3.13. The molecule has 0 fully saturated rings. The van der Waals surface area contributed by atoms with Gasteiger partial charge in [-0.25, -0.2) is 0 Å². The van der Waals surface area contributed by atoms with Crippen LogP contribution in [0.25, 0.3) is 0 Å². The Labute approximate surface area is 102 Å². The van der Waals surface area contributed by atoms with Crippen molar-refractivity contribution in [2.24, 2.45) is 0 Å². The van der Waals surface area contributed by atoms with Gasteiger partial charge in [0.1, 0.15) is 0 Å². The molecule has 1 aliphatic rings. The van der Waals surface area contributed by atoms with Crippen molar-refractivity contribution >= 4 is 17.1 Å². The van der Waals surface area contributed by atoms with Gasteiger partial charge in [-0.15, -0.1) is 0 Å². The zero-order chi connectivity index (χ0) is 11.8. The molecule has 2 nitrogen and oxygen atoms in total. The molecule has 86 valence electrons. The molecule has 3 rings (SSSR count). The Bertz CT molecular complexity index is 561. The first-order valence-corrected chi connectivity index (χ1v) is 5.98. The van der Waals surface area contributed by atoms with Crippen molar-refractivity contribution in [3.8, 4) is 0 Å². The van der Waals surface area contributed by atoms with Crippen molar-refractivity contribution in [3.05, 3.63) is 53.6 Å². The molecule has 17 heavy (non-hydrogen) atoms. The summed E-state index contributed by atoms with van der Waals surface area (Å²) in [7, 11) is 0. The summed E-state index contributed by atoms with van der Waals surface area (Å²) in [5.41, 5.74) is 12.0. The van der Waals surface area contributed by atoms with E-state index in [9.17, 15) is 0 Å². The van der Waals surface area contributed by atoms with E-state index in [1.807, 2.05) is 12.1 Å². The van der Waals surface area contributed by atoms with Gasteiger partial charge < -0.3 is 10.6 Å². The van der Waals surface area contributed by atoms with E-state index < -0.39 is 0 Å². The highest BCUT2D eigenvalue weighted by Gasteiger charge is 2.21. The van der Waals surface area contributed by atoms with Gasteiger partial charge >= 0.3 is 0 Å². The van der Waals surface area contributed by atoms with E-state index >= 15 is 0 Å². The van der Waals surface area contributed by atoms with Crippen molar-refractivity contribution in [1.82, 2.24) is 0 Å². The van der Waals surface area contributed by atoms with E-state index in [2.05, 4.69) is 42.2 Å². The molecule has 0 aliphatic carbocycles. The number of hydrogen-bond donors (Lipinski definition) is 1. The summed E-state index contributed by atoms with van der Waals surface area (Å²) in [6, 6.07) is 14.7. The predicted octanol–water partition coefficient (Wildman–Crippen LogP) is 3.27. The van der Waals surface area contributed by atoms with Crippen LogP contribution in [0.3, 0.4) is 0 Å². The zero-order valence-corrected chi connectivity index (χ0v) is 9.98. The molecule has 2 heteroatoms. The molecule has 0 amide bonds. The molecule has 0 saturated carbocycles. The number of fused-ring (bicyclic) bond motifs is 1. The molecule has 0 radical (unpaired) electrons. The van der Waals surface area contributed by atoms with Crippen LogP contribution < -0.4 is 10.6 Å². The van der Waals surface area contributed by atoms with Crippen LogP contribution in [0, 0.1) is 6.92 Å². The Morgan fingerprint density at radius 2 is 1.76 bits per heavy atom. The quantitative estimate of drug-likeness (QED) is 0.753. The number of hydrogen-bond acceptors (Lipinski definition) is 2. The minimum atomic E-state index is 0.867. The maximum atomic E-state index is 5.98. The SMILES string of the molecule is Cc1c(N)cccc1N1CCc2ccccc21. The molecule has 0 bridgehead atoms. The van der Waals surface area contributed by atoms with Gasteiger partial charge in [0.2, 0.25) is 0 Å². The van der Waals surface area contributed by atoms with Gasteiger partial charge in [-0.2, -0.15) is 0 Å². The van der Waals surface area contributed by atoms with Gasteiger partial charge in [-0.05, 0) is 42.7 Å². The Kier molecular flexibility index (Phi) is 2.29. The Morgan fingerprint density at radius 3 is 2.65 bits per heavy atom. The highest BCUT2D eigenvalue weighted by molar-refractivity contribution is 5.75. The number of rotatable bonds is 1. The summed E-state index contributed by atoms with van der Waals surface area (Å²) < 4.78 is 0. The first-order valence-electron chi connectivity index (χ1n) is 5.98. The molecule has 0 aromatic heterocycles. The lowest BCUT2D eigenvalue weighted by Crippen LogP contribution is -2.14. The van der Waals surface area contributed by atoms with Crippen LogP contribution in [0.2, 0.25) is 0 Å². The van der Waals surface area contributed by atoms with Crippen molar-refractivity contribution in [3.63, 3.8) is 0 Å². The molecule has 1 aliphatic heterocycles. The first-order chi connectivity index (χ1) is 8.27. The van der Waals surface area contributed by atoms with Crippen LogP contribution in [0.15, 0.2) is 42.5 Å². The summed E-state index contributed by atoms with van der Waals surface area (Å²) >= 11 is 0. The van der Waals surface area contributed by atoms with E-state index in [1.165, 1.54) is 22.5 Å². The normalized spacial score (nSPS) is 13.8. The number of nitrogens with zero attached hydrogens (tertiary/aromatic N) is 1. The number of para-hydroxylation sites is 1. The number of anilines is 3. The van der Waals surface area contributed by atoms with Crippen LogP contribution in [-0.2, 0) is 6.42 Å². The lowest BCUT2D eigenvalue weighted by molar-refractivity contribution is 0.993. The smallest absolute Gasteiger partial charge is 0.0461 e.